The summed E-state index contributed by atoms with van der Waals surface area (Å²) in [5.41, 5.74) is 1.41. The van der Waals surface area contributed by atoms with Gasteiger partial charge in [0.05, 0.1) is 19.7 Å². The smallest absolute Gasteiger partial charge is 0.534 e. The normalized spacial score (nSPS) is 15.4. The van der Waals surface area contributed by atoms with Gasteiger partial charge in [-0.3, -0.25) is 4.79 Å². The van der Waals surface area contributed by atoms with Gasteiger partial charge in [-0.15, -0.1) is 0 Å². The molecule has 0 radical (unpaired) electrons. The Morgan fingerprint density at radius 1 is 1.26 bits per heavy atom. The second-order valence-electron chi connectivity index (χ2n) is 6.04. The van der Waals surface area contributed by atoms with Crippen LogP contribution in [0.1, 0.15) is 33.2 Å². The van der Waals surface area contributed by atoms with Gasteiger partial charge in [0, 0.05) is 5.56 Å². The molecular weight excluding hydrogens is 349 g/mol. The molecule has 0 saturated heterocycles. The molecule has 0 aromatic heterocycles. The molecule has 1 aliphatic heterocycles. The first-order chi connectivity index (χ1) is 13.0. The molecule has 140 valence electrons. The molecule has 27 heavy (non-hydrogen) atoms. The van der Waals surface area contributed by atoms with E-state index >= 15 is 0 Å². The van der Waals surface area contributed by atoms with E-state index in [9.17, 15) is 14.6 Å². The number of methoxy groups -OCH3 is 1. The predicted molar refractivity (Wildman–Crippen MR) is 99.0 cm³/mol. The lowest BCUT2D eigenvalue weighted by atomic mass is 9.72. The van der Waals surface area contributed by atoms with Crippen molar-refractivity contribution in [2.45, 2.75) is 19.3 Å². The molecule has 1 heterocycles. The van der Waals surface area contributed by atoms with Crippen LogP contribution in [0.3, 0.4) is 0 Å². The van der Waals surface area contributed by atoms with Crippen LogP contribution in [0.5, 0.6) is 11.5 Å². The summed E-state index contributed by atoms with van der Waals surface area (Å²) in [6.07, 6.45) is 0.325. The Bertz CT molecular complexity index is 839. The van der Waals surface area contributed by atoms with Gasteiger partial charge in [-0.05, 0) is 49.2 Å². The molecule has 0 aliphatic carbocycles. The third-order valence-electron chi connectivity index (χ3n) is 4.28. The lowest BCUT2D eigenvalue weighted by Gasteiger charge is -2.29. The number of benzene rings is 2. The van der Waals surface area contributed by atoms with Gasteiger partial charge >= 0.3 is 13.1 Å². The van der Waals surface area contributed by atoms with Crippen molar-refractivity contribution in [3.05, 3.63) is 59.2 Å². The fraction of sp³-hybridized carbons (Fsp3) is 0.263. The van der Waals surface area contributed by atoms with Crippen LogP contribution in [0.2, 0.25) is 0 Å². The van der Waals surface area contributed by atoms with Crippen LogP contribution in [0.25, 0.3) is 0 Å². The Kier molecular flexibility index (Phi) is 5.66. The summed E-state index contributed by atoms with van der Waals surface area (Å²) in [4.78, 5) is 24.5. The fourth-order valence-corrected chi connectivity index (χ4v) is 2.91. The molecule has 0 fully saturated rings. The maximum Gasteiger partial charge on any atom is 0.547 e. The summed E-state index contributed by atoms with van der Waals surface area (Å²) >= 11 is 0. The predicted octanol–water partition coefficient (Wildman–Crippen LogP) is 1.63. The molecule has 0 spiro atoms. The average Bonchev–Trinajstić information content (AvgIpc) is 2.68. The highest BCUT2D eigenvalue weighted by Gasteiger charge is 2.38. The zero-order valence-corrected chi connectivity index (χ0v) is 15.1. The molecule has 1 aliphatic rings. The number of carbonyl (C=O) groups is 2. The standard InChI is InChI=1S/C19H20BNO6/c1-3-26-19(23)15-6-4-5-13-11-16(20(24)27-17(13)15)21-18(22)12-7-9-14(25-2)10-8-12/h4-10,16,24H,3,11H2,1-2H3,(H,21,22)/t16-/m0/s1. The van der Waals surface area contributed by atoms with Crippen LogP contribution >= 0.6 is 0 Å². The van der Waals surface area contributed by atoms with Gasteiger partial charge in [0.15, 0.2) is 0 Å². The van der Waals surface area contributed by atoms with Crippen molar-refractivity contribution in [3.8, 4) is 11.5 Å². The Morgan fingerprint density at radius 3 is 2.67 bits per heavy atom. The van der Waals surface area contributed by atoms with Crippen molar-refractivity contribution in [1.82, 2.24) is 5.32 Å². The number of nitrogens with one attached hydrogen (secondary N) is 1. The second-order valence-corrected chi connectivity index (χ2v) is 6.04. The van der Waals surface area contributed by atoms with Crippen molar-refractivity contribution in [2.24, 2.45) is 0 Å². The number of fused-ring (bicyclic) bond motifs is 1. The Hall–Kier alpha value is -3.00. The van der Waals surface area contributed by atoms with E-state index in [1.54, 1.807) is 56.5 Å². The van der Waals surface area contributed by atoms with Gasteiger partial charge in [-0.25, -0.2) is 4.79 Å². The van der Waals surface area contributed by atoms with Crippen molar-refractivity contribution in [1.29, 1.82) is 0 Å². The molecule has 0 saturated carbocycles. The fourth-order valence-electron chi connectivity index (χ4n) is 2.91. The number of amides is 1. The molecule has 1 atom stereocenters. The number of hydrogen-bond donors (Lipinski definition) is 2. The molecule has 2 N–H and O–H groups in total. The summed E-state index contributed by atoms with van der Waals surface area (Å²) < 4.78 is 15.6. The molecule has 3 rings (SSSR count). The number of carbonyl (C=O) groups excluding carboxylic acids is 2. The largest absolute Gasteiger partial charge is 0.547 e. The van der Waals surface area contributed by atoms with Crippen LogP contribution in [0.4, 0.5) is 0 Å². The Morgan fingerprint density at radius 2 is 2.00 bits per heavy atom. The number of para-hydroxylation sites is 1. The quantitative estimate of drug-likeness (QED) is 0.615. The third kappa shape index (κ3) is 4.06. The summed E-state index contributed by atoms with van der Waals surface area (Å²) in [5.74, 6) is -0.562. The van der Waals surface area contributed by atoms with Gasteiger partial charge in [0.2, 0.25) is 0 Å². The molecule has 2 aromatic carbocycles. The van der Waals surface area contributed by atoms with E-state index in [2.05, 4.69) is 5.32 Å². The first kappa shape index (κ1) is 18.8. The third-order valence-corrected chi connectivity index (χ3v) is 4.28. The van der Waals surface area contributed by atoms with Crippen LogP contribution in [0.15, 0.2) is 42.5 Å². The minimum atomic E-state index is -1.28. The molecule has 2 aromatic rings. The minimum absolute atomic E-state index is 0.242. The monoisotopic (exact) mass is 369 g/mol. The van der Waals surface area contributed by atoms with Crippen LogP contribution in [-0.4, -0.2) is 43.7 Å². The van der Waals surface area contributed by atoms with E-state index < -0.39 is 19.0 Å². The summed E-state index contributed by atoms with van der Waals surface area (Å²) in [6.45, 7) is 1.96. The number of ether oxygens (including phenoxy) is 2. The topological polar surface area (TPSA) is 94.1 Å². The van der Waals surface area contributed by atoms with Gasteiger partial charge in [-0.1, -0.05) is 12.1 Å². The van der Waals surface area contributed by atoms with Crippen LogP contribution in [0, 0.1) is 0 Å². The van der Waals surface area contributed by atoms with Crippen LogP contribution in [-0.2, 0) is 11.2 Å². The zero-order valence-electron chi connectivity index (χ0n) is 15.1. The molecule has 0 unspecified atom stereocenters. The van der Waals surface area contributed by atoms with Crippen molar-refractivity contribution < 1.29 is 28.7 Å². The first-order valence-corrected chi connectivity index (χ1v) is 8.62. The van der Waals surface area contributed by atoms with Crippen molar-refractivity contribution >= 4 is 19.0 Å². The first-order valence-electron chi connectivity index (χ1n) is 8.62. The molecule has 7 nitrogen and oxygen atoms in total. The van der Waals surface area contributed by atoms with E-state index in [1.807, 2.05) is 0 Å². The molecule has 8 heteroatoms. The van der Waals surface area contributed by atoms with E-state index in [4.69, 9.17) is 14.1 Å². The maximum atomic E-state index is 12.4. The minimum Gasteiger partial charge on any atom is -0.534 e. The molecule has 1 amide bonds. The Balaban J connectivity index is 1.75. The highest BCUT2D eigenvalue weighted by Crippen LogP contribution is 2.30. The van der Waals surface area contributed by atoms with Gasteiger partial charge < -0.3 is 24.5 Å². The summed E-state index contributed by atoms with van der Waals surface area (Å²) in [7, 11) is 0.266. The number of rotatable bonds is 5. The average molecular weight is 369 g/mol. The lowest BCUT2D eigenvalue weighted by molar-refractivity contribution is 0.0523. The van der Waals surface area contributed by atoms with E-state index in [1.165, 1.54) is 0 Å². The van der Waals surface area contributed by atoms with Crippen molar-refractivity contribution in [2.75, 3.05) is 13.7 Å². The van der Waals surface area contributed by atoms with Gasteiger partial charge in [0.25, 0.3) is 5.91 Å². The molecule has 0 bridgehead atoms. The maximum absolute atomic E-state index is 12.4. The van der Waals surface area contributed by atoms with Crippen molar-refractivity contribution in [3.63, 3.8) is 0 Å². The lowest BCUT2D eigenvalue weighted by Crippen LogP contribution is -2.53. The Labute approximate surface area is 157 Å². The van der Waals surface area contributed by atoms with E-state index in [0.29, 0.717) is 29.0 Å². The SMILES string of the molecule is CCOC(=O)c1cccc2c1OB(O)[C@@H](NC(=O)c1ccc(OC)cc1)C2. The van der Waals surface area contributed by atoms with E-state index in [-0.39, 0.29) is 18.1 Å². The van der Waals surface area contributed by atoms with Crippen LogP contribution < -0.4 is 14.7 Å². The highest BCUT2D eigenvalue weighted by molar-refractivity contribution is 6.47. The number of esters is 1. The van der Waals surface area contributed by atoms with Gasteiger partial charge in [-0.2, -0.15) is 0 Å². The second kappa shape index (κ2) is 8.13. The summed E-state index contributed by atoms with van der Waals surface area (Å²) in [5, 5.41) is 13.1. The number of hydrogen-bond acceptors (Lipinski definition) is 6. The van der Waals surface area contributed by atoms with Gasteiger partial charge in [0.1, 0.15) is 17.1 Å². The zero-order chi connectivity index (χ0) is 19.4. The highest BCUT2D eigenvalue weighted by atomic mass is 16.5. The summed E-state index contributed by atoms with van der Waals surface area (Å²) in [6, 6.07) is 11.7. The molecular formula is C19H20BNO6. The van der Waals surface area contributed by atoms with E-state index in [0.717, 1.165) is 0 Å².